The standard InChI is InChI=1S/C16H11F3N6O2/c1-8-21-22-12(26-8)7-25-3-2-20-14(25)9-4-10(6-11(17)5-9)15-23-24-16(27-15)13(18)19/h2-6,13H,7H2,1H3. The van der Waals surface area contributed by atoms with E-state index in [1.807, 2.05) is 0 Å². The van der Waals surface area contributed by atoms with Gasteiger partial charge in [-0.3, -0.25) is 0 Å². The molecule has 0 saturated carbocycles. The molecule has 0 atom stereocenters. The quantitative estimate of drug-likeness (QED) is 0.527. The molecular weight excluding hydrogens is 365 g/mol. The van der Waals surface area contributed by atoms with Crippen LogP contribution in [0.4, 0.5) is 13.2 Å². The molecule has 138 valence electrons. The molecule has 0 fully saturated rings. The second-order valence-corrected chi connectivity index (χ2v) is 5.57. The molecule has 3 heterocycles. The first-order valence-corrected chi connectivity index (χ1v) is 7.72. The van der Waals surface area contributed by atoms with Gasteiger partial charge in [-0.1, -0.05) is 0 Å². The maximum absolute atomic E-state index is 14.1. The first kappa shape index (κ1) is 16.9. The van der Waals surface area contributed by atoms with Crippen LogP contribution in [0.1, 0.15) is 24.1 Å². The van der Waals surface area contributed by atoms with Crippen molar-refractivity contribution in [2.24, 2.45) is 0 Å². The fraction of sp³-hybridized carbons (Fsp3) is 0.188. The minimum atomic E-state index is -2.91. The van der Waals surface area contributed by atoms with Crippen molar-refractivity contribution in [3.05, 3.63) is 54.1 Å². The highest BCUT2D eigenvalue weighted by molar-refractivity contribution is 5.65. The van der Waals surface area contributed by atoms with Gasteiger partial charge in [0.05, 0.1) is 0 Å². The molecule has 0 saturated heterocycles. The first-order valence-electron chi connectivity index (χ1n) is 7.72. The summed E-state index contributed by atoms with van der Waals surface area (Å²) >= 11 is 0. The topological polar surface area (TPSA) is 95.7 Å². The monoisotopic (exact) mass is 376 g/mol. The van der Waals surface area contributed by atoms with Gasteiger partial charge < -0.3 is 13.4 Å². The zero-order valence-electron chi connectivity index (χ0n) is 13.8. The van der Waals surface area contributed by atoms with Gasteiger partial charge in [-0.15, -0.1) is 20.4 Å². The van der Waals surface area contributed by atoms with Gasteiger partial charge in [-0.25, -0.2) is 9.37 Å². The van der Waals surface area contributed by atoms with Gasteiger partial charge >= 0.3 is 6.43 Å². The zero-order chi connectivity index (χ0) is 19.0. The van der Waals surface area contributed by atoms with E-state index in [4.69, 9.17) is 8.83 Å². The van der Waals surface area contributed by atoms with E-state index in [0.717, 1.165) is 6.07 Å². The van der Waals surface area contributed by atoms with Crippen LogP contribution in [-0.2, 0) is 6.54 Å². The van der Waals surface area contributed by atoms with Gasteiger partial charge in [0.15, 0.2) is 0 Å². The molecule has 4 rings (SSSR count). The molecule has 0 unspecified atom stereocenters. The van der Waals surface area contributed by atoms with Gasteiger partial charge in [0.1, 0.15) is 18.2 Å². The van der Waals surface area contributed by atoms with Crippen molar-refractivity contribution < 1.29 is 22.0 Å². The van der Waals surface area contributed by atoms with Crippen LogP contribution in [0, 0.1) is 12.7 Å². The number of hydrogen-bond acceptors (Lipinski definition) is 7. The smallest absolute Gasteiger partial charge is 0.314 e. The molecule has 0 aliphatic carbocycles. The van der Waals surface area contributed by atoms with Crippen molar-refractivity contribution in [3.63, 3.8) is 0 Å². The third kappa shape index (κ3) is 3.43. The van der Waals surface area contributed by atoms with Crippen molar-refractivity contribution in [1.29, 1.82) is 0 Å². The minimum Gasteiger partial charge on any atom is -0.424 e. The van der Waals surface area contributed by atoms with Gasteiger partial charge in [-0.2, -0.15) is 8.78 Å². The van der Waals surface area contributed by atoms with E-state index in [2.05, 4.69) is 25.4 Å². The number of hydrogen-bond donors (Lipinski definition) is 0. The summed E-state index contributed by atoms with van der Waals surface area (Å²) in [7, 11) is 0. The molecule has 0 spiro atoms. The molecular formula is C16H11F3N6O2. The average molecular weight is 376 g/mol. The summed E-state index contributed by atoms with van der Waals surface area (Å²) in [6.07, 6.45) is 0.294. The third-order valence-corrected chi connectivity index (χ3v) is 3.62. The van der Waals surface area contributed by atoms with Crippen LogP contribution < -0.4 is 0 Å². The highest BCUT2D eigenvalue weighted by Gasteiger charge is 2.19. The van der Waals surface area contributed by atoms with Gasteiger partial charge in [0.2, 0.25) is 17.7 Å². The largest absolute Gasteiger partial charge is 0.424 e. The van der Waals surface area contributed by atoms with E-state index in [1.165, 1.54) is 18.3 Å². The number of halogens is 3. The van der Waals surface area contributed by atoms with E-state index >= 15 is 0 Å². The van der Waals surface area contributed by atoms with Crippen molar-refractivity contribution in [3.8, 4) is 22.8 Å². The summed E-state index contributed by atoms with van der Waals surface area (Å²) in [5, 5.41) is 14.5. The van der Waals surface area contributed by atoms with Gasteiger partial charge in [0.25, 0.3) is 5.89 Å². The van der Waals surface area contributed by atoms with Crippen LogP contribution in [0.2, 0.25) is 0 Å². The Balaban J connectivity index is 1.70. The SMILES string of the molecule is Cc1nnc(Cn2ccnc2-c2cc(F)cc(-c3nnc(C(F)F)o3)c2)o1. The fourth-order valence-electron chi connectivity index (χ4n) is 2.53. The van der Waals surface area contributed by atoms with E-state index in [-0.39, 0.29) is 18.0 Å². The summed E-state index contributed by atoms with van der Waals surface area (Å²) < 4.78 is 51.3. The summed E-state index contributed by atoms with van der Waals surface area (Å²) in [5.74, 6) is -0.448. The van der Waals surface area contributed by atoms with E-state index < -0.39 is 18.1 Å². The van der Waals surface area contributed by atoms with Crippen LogP contribution in [0.3, 0.4) is 0 Å². The lowest BCUT2D eigenvalue weighted by atomic mass is 10.1. The van der Waals surface area contributed by atoms with Crippen LogP contribution in [-0.4, -0.2) is 29.9 Å². The number of nitrogens with zero attached hydrogens (tertiary/aromatic N) is 6. The lowest BCUT2D eigenvalue weighted by Gasteiger charge is -2.07. The molecule has 0 bridgehead atoms. The zero-order valence-corrected chi connectivity index (χ0v) is 13.8. The molecule has 3 aromatic heterocycles. The number of alkyl halides is 2. The third-order valence-electron chi connectivity index (χ3n) is 3.62. The number of imidazole rings is 1. The highest BCUT2D eigenvalue weighted by atomic mass is 19.3. The molecule has 1 aromatic carbocycles. The maximum atomic E-state index is 14.1. The van der Waals surface area contributed by atoms with Crippen LogP contribution in [0.15, 0.2) is 39.4 Å². The summed E-state index contributed by atoms with van der Waals surface area (Å²) in [6, 6.07) is 3.89. The predicted octanol–water partition coefficient (Wildman–Crippen LogP) is 3.42. The molecule has 4 aromatic rings. The van der Waals surface area contributed by atoms with Crippen molar-refractivity contribution >= 4 is 0 Å². The van der Waals surface area contributed by atoms with Crippen molar-refractivity contribution in [2.45, 2.75) is 19.9 Å². The Labute approximate surface area is 149 Å². The molecule has 0 radical (unpaired) electrons. The second-order valence-electron chi connectivity index (χ2n) is 5.57. The van der Waals surface area contributed by atoms with Gasteiger partial charge in [-0.05, 0) is 18.2 Å². The van der Waals surface area contributed by atoms with E-state index in [1.54, 1.807) is 17.7 Å². The minimum absolute atomic E-state index is 0.160. The van der Waals surface area contributed by atoms with Crippen LogP contribution >= 0.6 is 0 Å². The van der Waals surface area contributed by atoms with E-state index in [0.29, 0.717) is 23.2 Å². The molecule has 0 aliphatic heterocycles. The fourth-order valence-corrected chi connectivity index (χ4v) is 2.53. The summed E-state index contributed by atoms with van der Waals surface area (Å²) in [5.41, 5.74) is 0.551. The first-order chi connectivity index (χ1) is 13.0. The summed E-state index contributed by atoms with van der Waals surface area (Å²) in [4.78, 5) is 4.22. The second kappa shape index (κ2) is 6.67. The van der Waals surface area contributed by atoms with Gasteiger partial charge in [0, 0.05) is 30.4 Å². The van der Waals surface area contributed by atoms with Crippen LogP contribution in [0.25, 0.3) is 22.8 Å². The van der Waals surface area contributed by atoms with Crippen LogP contribution in [0.5, 0.6) is 0 Å². The molecule has 0 amide bonds. The summed E-state index contributed by atoms with van der Waals surface area (Å²) in [6.45, 7) is 1.90. The van der Waals surface area contributed by atoms with E-state index in [9.17, 15) is 13.2 Å². The normalized spacial score (nSPS) is 11.4. The number of aryl methyl sites for hydroxylation is 1. The number of benzene rings is 1. The molecule has 0 aliphatic rings. The predicted molar refractivity (Wildman–Crippen MR) is 84.0 cm³/mol. The lowest BCUT2D eigenvalue weighted by Crippen LogP contribution is -2.02. The number of rotatable bonds is 5. The highest BCUT2D eigenvalue weighted by Crippen LogP contribution is 2.28. The Morgan fingerprint density at radius 1 is 1.04 bits per heavy atom. The Morgan fingerprint density at radius 3 is 2.56 bits per heavy atom. The average Bonchev–Trinajstić information content (AvgIpc) is 3.35. The molecule has 0 N–H and O–H groups in total. The van der Waals surface area contributed by atoms with Crippen molar-refractivity contribution in [1.82, 2.24) is 29.9 Å². The molecule has 8 nitrogen and oxygen atoms in total. The lowest BCUT2D eigenvalue weighted by molar-refractivity contribution is 0.116. The molecule has 11 heteroatoms. The Kier molecular flexibility index (Phi) is 4.18. The Bertz CT molecular complexity index is 1090. The maximum Gasteiger partial charge on any atom is 0.314 e. The molecule has 27 heavy (non-hydrogen) atoms. The Morgan fingerprint density at radius 2 is 1.85 bits per heavy atom. The van der Waals surface area contributed by atoms with Crippen molar-refractivity contribution in [2.75, 3.05) is 0 Å². The number of aromatic nitrogens is 6. The Hall–Kier alpha value is -3.50.